The fraction of sp³-hybridized carbons (Fsp3) is 0.551. The summed E-state index contributed by atoms with van der Waals surface area (Å²) in [6, 6.07) is 4.15. The summed E-state index contributed by atoms with van der Waals surface area (Å²) in [5, 5.41) is 56.2. The molecule has 116 heavy (non-hydrogen) atoms. The van der Waals surface area contributed by atoms with Gasteiger partial charge in [-0.1, -0.05) is 60.7 Å². The number of hydrogen-bond acceptors (Lipinski definition) is 24. The van der Waals surface area contributed by atoms with Crippen LogP contribution in [0.1, 0.15) is 114 Å². The lowest BCUT2D eigenvalue weighted by Gasteiger charge is -2.27. The highest BCUT2D eigenvalue weighted by molar-refractivity contribution is 6.41. The second kappa shape index (κ2) is 47.6. The molecule has 2 aromatic carbocycles. The molecule has 38 nitrogen and oxygen atoms in total. The number of carbonyl (C=O) groups excluding carboxylic acids is 15. The van der Waals surface area contributed by atoms with Crippen LogP contribution in [0.2, 0.25) is 0 Å². The number of benzene rings is 2. The number of halogens is 9. The third kappa shape index (κ3) is 36.8. The van der Waals surface area contributed by atoms with Crippen molar-refractivity contribution in [2.45, 2.75) is 201 Å². The van der Waals surface area contributed by atoms with Crippen LogP contribution < -0.4 is 91.6 Å². The van der Waals surface area contributed by atoms with Gasteiger partial charge in [-0.25, -0.2) is 0 Å². The van der Waals surface area contributed by atoms with Crippen molar-refractivity contribution in [1.82, 2.24) is 74.4 Å². The van der Waals surface area contributed by atoms with Gasteiger partial charge < -0.3 is 102 Å². The largest absolute Gasteiger partial charge is 0.481 e. The van der Waals surface area contributed by atoms with Crippen LogP contribution >= 0.6 is 0 Å². The summed E-state index contributed by atoms with van der Waals surface area (Å²) in [6.45, 7) is -0.430. The zero-order chi connectivity index (χ0) is 86.5. The lowest BCUT2D eigenvalue weighted by molar-refractivity contribution is -0.193. The molecule has 0 aliphatic carbocycles. The molecule has 4 aliphatic heterocycles. The molecule has 640 valence electrons. The fourth-order valence-corrected chi connectivity index (χ4v) is 11.5. The Balaban J connectivity index is 0.00000140. The van der Waals surface area contributed by atoms with E-state index < -0.39 is 200 Å². The minimum atomic E-state index is -5.77. The van der Waals surface area contributed by atoms with Crippen LogP contribution in [0.5, 0.6) is 0 Å². The topological polar surface area (TPSA) is 602 Å². The summed E-state index contributed by atoms with van der Waals surface area (Å²) in [6.07, 6.45) is -16.8. The lowest BCUT2D eigenvalue weighted by atomic mass is 10.0. The van der Waals surface area contributed by atoms with E-state index in [1.165, 1.54) is 0 Å². The Kier molecular flexibility index (Phi) is 39.5. The summed E-state index contributed by atoms with van der Waals surface area (Å²) in [5.74, 6) is -19.0. The third-order valence-electron chi connectivity index (χ3n) is 17.4. The van der Waals surface area contributed by atoms with Crippen LogP contribution in [0.15, 0.2) is 70.6 Å². The number of aliphatic carboxylic acids is 2. The van der Waals surface area contributed by atoms with Gasteiger partial charge >= 0.3 is 42.0 Å². The minimum absolute atomic E-state index is 0.0370. The Bertz CT molecular complexity index is 3820. The molecule has 2 aromatic rings. The maximum Gasteiger partial charge on any atom is 0.458 e. The van der Waals surface area contributed by atoms with Crippen molar-refractivity contribution in [3.8, 4) is 0 Å². The number of nitrogens with two attached hydrogens (primary N) is 3. The monoisotopic (exact) mass is 1660 g/mol. The van der Waals surface area contributed by atoms with Crippen LogP contribution in [-0.2, 0) is 94.3 Å². The molecule has 4 aliphatic rings. The molecule has 22 N–H and O–H groups in total. The Labute approximate surface area is 655 Å². The molecule has 6 rings (SSSR count). The van der Waals surface area contributed by atoms with Gasteiger partial charge in [-0.05, 0) is 94.6 Å². The Morgan fingerprint density at radius 1 is 0.457 bits per heavy atom. The summed E-state index contributed by atoms with van der Waals surface area (Å²) in [5.41, 5.74) is 19.2. The average Bonchev–Trinajstić information content (AvgIpc) is 1.14. The molecule has 2 fully saturated rings. The number of guanidine groups is 2. The van der Waals surface area contributed by atoms with Gasteiger partial charge in [0.25, 0.3) is 0 Å². The molecule has 4 heterocycles. The van der Waals surface area contributed by atoms with Crippen molar-refractivity contribution in [2.24, 2.45) is 27.2 Å². The third-order valence-corrected chi connectivity index (χ3v) is 17.4. The van der Waals surface area contributed by atoms with Gasteiger partial charge in [0, 0.05) is 57.5 Å². The standard InChI is InChI=1S/C63H91N19O16.C4F6O2.C2HF3O/c64-39(53(90)68-26-10-8-16-41-57(94)80-43(21-18-38-24-28-70-63(66)74-38)55(92)72-34-50(85)76-47(32-52(88)89)61(98)82-45(59(96)78-41)30-36-13-5-2-6-14-36)19-22-48(83)67-25-9-7-15-40-56(93)79-42(20-17-37-23-27-69-62(65)73-37)54(91)71-33-49(84)75-46(31-51(86)87)60(97)81-44(58(95)77-40)29-35-11-3-1-4-12-35;5-3(6,7)1(11)2(12)4(8,9)10;3-2(4,5)1-6/h1-6,11-14,37-47H,7-10,15-34,64H2,(H,67,83)(H,68,90)(H,71,91)(H,72,92)(H,75,84)(H,76,85)(H,77,95)(H,78,96)(H,79,93)(H,80,94)(H,81,97)(H,82,98)(H,86,87)(H,88,89)(H3,65,69,73)(H3,66,70,74);;1H/t37?,38?,39-,40-,41?,42-,43-,44+,45+,46-,47-;;/m0../s1. The molecule has 2 saturated heterocycles. The number of amides is 12. The van der Waals surface area contributed by atoms with E-state index >= 15 is 0 Å². The van der Waals surface area contributed by atoms with Gasteiger partial charge in [0.1, 0.15) is 48.3 Å². The second-order valence-electron chi connectivity index (χ2n) is 26.7. The molecule has 3 unspecified atom stereocenters. The van der Waals surface area contributed by atoms with Gasteiger partial charge in [0.15, 0.2) is 11.9 Å². The SMILES string of the molecule is NC1=NCCC(CC[C@@H]2NC(=O)C(CCCCNC(=O)[C@@H](N)CCC(=O)NCCCC[C@@H]3NC(=O)[C@@H](Cc4ccccc4)NC(=O)[C@H](CC(=O)O)NC(=O)CNC(=O)[C@H](CCC4CCN=C(N)N4)NC3=O)NC(=O)[C@@H](Cc3ccccc3)NC(=O)[C@H](CC(=O)O)NC(=O)CNC2=O)N1.O=C(C(=O)C(F)(F)F)C(F)(F)F.O=CC(F)(F)F. The second-order valence-corrected chi connectivity index (χ2v) is 26.7. The number of nitrogens with zero attached hydrogens (tertiary/aromatic N) is 2. The number of carboxylic acids is 2. The minimum Gasteiger partial charge on any atom is -0.481 e. The lowest BCUT2D eigenvalue weighted by Crippen LogP contribution is -2.58. The predicted octanol–water partition coefficient (Wildman–Crippen LogP) is -3.85. The number of ketones is 2. The summed E-state index contributed by atoms with van der Waals surface area (Å²) >= 11 is 0. The molecule has 0 bridgehead atoms. The molecule has 0 aromatic heterocycles. The number of alkyl halides is 9. The number of carbonyl (C=O) groups is 17. The van der Waals surface area contributed by atoms with Crippen LogP contribution in [0, 0.1) is 0 Å². The van der Waals surface area contributed by atoms with Crippen molar-refractivity contribution in [1.29, 1.82) is 0 Å². The fourth-order valence-electron chi connectivity index (χ4n) is 11.5. The highest BCUT2D eigenvalue weighted by atomic mass is 19.4. The number of carboxylic acid groups (broad SMARTS) is 2. The molecular weight excluding hydrogens is 1570 g/mol. The normalized spacial score (nSPS) is 22.5. The number of aliphatic imine (C=N–C) groups is 2. The first-order valence-corrected chi connectivity index (χ1v) is 36.2. The Morgan fingerprint density at radius 2 is 0.793 bits per heavy atom. The Hall–Kier alpha value is -12.1. The van der Waals surface area contributed by atoms with E-state index in [1.54, 1.807) is 60.7 Å². The van der Waals surface area contributed by atoms with Crippen LogP contribution in [-0.4, -0.2) is 247 Å². The van der Waals surface area contributed by atoms with Crippen molar-refractivity contribution in [3.63, 3.8) is 0 Å². The van der Waals surface area contributed by atoms with E-state index in [1.807, 2.05) is 0 Å². The Morgan fingerprint density at radius 3 is 1.14 bits per heavy atom. The number of unbranched alkanes of at least 4 members (excludes halogenated alkanes) is 2. The van der Waals surface area contributed by atoms with Gasteiger partial charge in [0.05, 0.1) is 32.0 Å². The first-order chi connectivity index (χ1) is 54.5. The average molecular weight is 1660 g/mol. The first-order valence-electron chi connectivity index (χ1n) is 36.2. The molecule has 0 radical (unpaired) electrons. The number of Topliss-reactive ketones (excluding diaryl/α,β-unsaturated/α-hetero) is 2. The van der Waals surface area contributed by atoms with E-state index in [4.69, 9.17) is 22.0 Å². The van der Waals surface area contributed by atoms with E-state index in [2.05, 4.69) is 84.4 Å². The van der Waals surface area contributed by atoms with Crippen LogP contribution in [0.4, 0.5) is 39.5 Å². The number of nitrogens with one attached hydrogen (secondary N) is 14. The molecule has 11 atom stereocenters. The number of rotatable bonds is 29. The number of hydrogen-bond donors (Lipinski definition) is 19. The summed E-state index contributed by atoms with van der Waals surface area (Å²) in [7, 11) is 0. The predicted molar refractivity (Wildman–Crippen MR) is 386 cm³/mol. The summed E-state index contributed by atoms with van der Waals surface area (Å²) in [4.78, 5) is 224. The molecule has 0 spiro atoms. The number of aldehydes is 1. The van der Waals surface area contributed by atoms with E-state index in [0.717, 1.165) is 0 Å². The van der Waals surface area contributed by atoms with Crippen molar-refractivity contribution >= 4 is 113 Å². The first kappa shape index (κ1) is 96.3. The van der Waals surface area contributed by atoms with Gasteiger partial charge in [-0.15, -0.1) is 0 Å². The van der Waals surface area contributed by atoms with Crippen molar-refractivity contribution in [3.05, 3.63) is 71.8 Å². The maximum atomic E-state index is 14.3. The van der Waals surface area contributed by atoms with E-state index in [0.29, 0.717) is 49.9 Å². The molecule has 0 saturated carbocycles. The smallest absolute Gasteiger partial charge is 0.458 e. The quantitative estimate of drug-likeness (QED) is 0.0160. The highest BCUT2D eigenvalue weighted by Crippen LogP contribution is 2.24. The van der Waals surface area contributed by atoms with Gasteiger partial charge in [-0.3, -0.25) is 91.5 Å². The van der Waals surface area contributed by atoms with Gasteiger partial charge in [-0.2, -0.15) is 39.5 Å². The molecule has 47 heteroatoms. The molecule has 12 amide bonds. The maximum absolute atomic E-state index is 14.3. The zero-order valence-electron chi connectivity index (χ0n) is 62.0. The highest BCUT2D eigenvalue weighted by Gasteiger charge is 2.54. The summed E-state index contributed by atoms with van der Waals surface area (Å²) < 4.78 is 98.2. The van der Waals surface area contributed by atoms with Crippen LogP contribution in [0.25, 0.3) is 0 Å². The van der Waals surface area contributed by atoms with Crippen molar-refractivity contribution < 1.29 is 131 Å². The van der Waals surface area contributed by atoms with Crippen molar-refractivity contribution in [2.75, 3.05) is 39.3 Å². The molecular formula is C69H92F9N19O19. The van der Waals surface area contributed by atoms with Gasteiger partial charge in [0.2, 0.25) is 77.2 Å². The van der Waals surface area contributed by atoms with E-state index in [9.17, 15) is 126 Å². The zero-order valence-corrected chi connectivity index (χ0v) is 62.0. The van der Waals surface area contributed by atoms with E-state index in [-0.39, 0.29) is 114 Å². The van der Waals surface area contributed by atoms with Crippen LogP contribution in [0.3, 0.4) is 0 Å².